The first-order valence-electron chi connectivity index (χ1n) is 4.72. The molecule has 4 heteroatoms. The summed E-state index contributed by atoms with van der Waals surface area (Å²) in [5, 5.41) is 0. The standard InChI is InChI=1S/C10H19NO2S/c1-4-13-10(12)9(11)7-14-6-5-8(2)3/h9H,2,4-7,11H2,1,3H3. The molecule has 0 amide bonds. The number of rotatable bonds is 7. The molecular formula is C10H19NO2S. The quantitative estimate of drug-likeness (QED) is 0.399. The summed E-state index contributed by atoms with van der Waals surface area (Å²) >= 11 is 1.66. The van der Waals surface area contributed by atoms with Gasteiger partial charge in [-0.25, -0.2) is 0 Å². The van der Waals surface area contributed by atoms with Gasteiger partial charge in [-0.05, 0) is 26.0 Å². The normalized spacial score (nSPS) is 12.2. The van der Waals surface area contributed by atoms with E-state index >= 15 is 0 Å². The predicted molar refractivity (Wildman–Crippen MR) is 61.4 cm³/mol. The van der Waals surface area contributed by atoms with Gasteiger partial charge in [0.2, 0.25) is 0 Å². The minimum Gasteiger partial charge on any atom is -0.465 e. The minimum absolute atomic E-state index is 0.310. The molecule has 0 aromatic carbocycles. The second kappa shape index (κ2) is 7.88. The molecule has 3 nitrogen and oxygen atoms in total. The van der Waals surface area contributed by atoms with E-state index in [1.807, 2.05) is 6.92 Å². The minimum atomic E-state index is -0.495. The molecule has 82 valence electrons. The lowest BCUT2D eigenvalue weighted by Crippen LogP contribution is -2.34. The van der Waals surface area contributed by atoms with E-state index in [1.165, 1.54) is 0 Å². The molecule has 0 saturated carbocycles. The number of nitrogens with two attached hydrogens (primary N) is 1. The predicted octanol–water partition coefficient (Wildman–Crippen LogP) is 1.58. The van der Waals surface area contributed by atoms with E-state index in [9.17, 15) is 4.79 Å². The van der Waals surface area contributed by atoms with Crippen LogP contribution in [0.5, 0.6) is 0 Å². The lowest BCUT2D eigenvalue weighted by atomic mass is 10.3. The molecule has 1 unspecified atom stereocenters. The van der Waals surface area contributed by atoms with Crippen molar-refractivity contribution >= 4 is 17.7 Å². The van der Waals surface area contributed by atoms with Crippen molar-refractivity contribution in [2.24, 2.45) is 5.73 Å². The molecule has 0 rings (SSSR count). The van der Waals surface area contributed by atoms with Crippen LogP contribution in [0.25, 0.3) is 0 Å². The van der Waals surface area contributed by atoms with Gasteiger partial charge >= 0.3 is 5.97 Å². The highest BCUT2D eigenvalue weighted by Crippen LogP contribution is 2.08. The van der Waals surface area contributed by atoms with E-state index in [1.54, 1.807) is 18.7 Å². The monoisotopic (exact) mass is 217 g/mol. The third kappa shape index (κ3) is 6.97. The maximum absolute atomic E-state index is 11.1. The van der Waals surface area contributed by atoms with Crippen molar-refractivity contribution in [2.45, 2.75) is 26.3 Å². The molecule has 0 bridgehead atoms. The number of hydrogen-bond donors (Lipinski definition) is 1. The van der Waals surface area contributed by atoms with Gasteiger partial charge in [-0.3, -0.25) is 4.79 Å². The molecule has 1 atom stereocenters. The number of esters is 1. The van der Waals surface area contributed by atoms with Gasteiger partial charge in [0.1, 0.15) is 6.04 Å². The van der Waals surface area contributed by atoms with E-state index in [-0.39, 0.29) is 5.97 Å². The van der Waals surface area contributed by atoms with E-state index in [2.05, 4.69) is 6.58 Å². The molecule has 0 aromatic rings. The molecule has 0 aromatic heterocycles. The van der Waals surface area contributed by atoms with Crippen LogP contribution in [-0.4, -0.2) is 30.1 Å². The molecule has 0 spiro atoms. The number of thioether (sulfide) groups is 1. The largest absolute Gasteiger partial charge is 0.465 e. The van der Waals surface area contributed by atoms with Crippen molar-refractivity contribution in [2.75, 3.05) is 18.1 Å². The zero-order valence-corrected chi connectivity index (χ0v) is 9.73. The van der Waals surface area contributed by atoms with Crippen LogP contribution in [0.1, 0.15) is 20.3 Å². The topological polar surface area (TPSA) is 52.3 Å². The van der Waals surface area contributed by atoms with Gasteiger partial charge in [-0.2, -0.15) is 11.8 Å². The Labute approximate surface area is 90.1 Å². The third-order valence-corrected chi connectivity index (χ3v) is 2.65. The van der Waals surface area contributed by atoms with Crippen LogP contribution in [0.15, 0.2) is 12.2 Å². The molecule has 0 radical (unpaired) electrons. The van der Waals surface area contributed by atoms with E-state index in [4.69, 9.17) is 10.5 Å². The van der Waals surface area contributed by atoms with Crippen molar-refractivity contribution < 1.29 is 9.53 Å². The van der Waals surface area contributed by atoms with E-state index in [0.717, 1.165) is 17.7 Å². The molecule has 0 saturated heterocycles. The van der Waals surface area contributed by atoms with E-state index in [0.29, 0.717) is 12.4 Å². The van der Waals surface area contributed by atoms with Crippen molar-refractivity contribution in [3.05, 3.63) is 12.2 Å². The highest BCUT2D eigenvalue weighted by Gasteiger charge is 2.13. The number of carbonyl (C=O) groups is 1. The van der Waals surface area contributed by atoms with Crippen molar-refractivity contribution in [1.82, 2.24) is 0 Å². The second-order valence-electron chi connectivity index (χ2n) is 3.14. The molecule has 0 fully saturated rings. The number of carbonyl (C=O) groups excluding carboxylic acids is 1. The Morgan fingerprint density at radius 3 is 2.79 bits per heavy atom. The number of ether oxygens (including phenoxy) is 1. The summed E-state index contributed by atoms with van der Waals surface area (Å²) in [5.74, 6) is 1.27. The number of hydrogen-bond acceptors (Lipinski definition) is 4. The first-order chi connectivity index (χ1) is 6.57. The molecule has 0 aliphatic rings. The SMILES string of the molecule is C=C(C)CCSCC(N)C(=O)OCC. The van der Waals surface area contributed by atoms with Gasteiger partial charge in [0.15, 0.2) is 0 Å². The van der Waals surface area contributed by atoms with Crippen LogP contribution >= 0.6 is 11.8 Å². The smallest absolute Gasteiger partial charge is 0.323 e. The Hall–Kier alpha value is -0.480. The summed E-state index contributed by atoms with van der Waals surface area (Å²) < 4.78 is 4.79. The zero-order chi connectivity index (χ0) is 11.0. The van der Waals surface area contributed by atoms with Gasteiger partial charge in [0, 0.05) is 5.75 Å². The highest BCUT2D eigenvalue weighted by atomic mass is 32.2. The van der Waals surface area contributed by atoms with Crippen LogP contribution in [0.3, 0.4) is 0 Å². The van der Waals surface area contributed by atoms with Gasteiger partial charge in [0.25, 0.3) is 0 Å². The molecule has 0 aliphatic heterocycles. The van der Waals surface area contributed by atoms with Crippen LogP contribution in [0.4, 0.5) is 0 Å². The maximum atomic E-state index is 11.1. The van der Waals surface area contributed by atoms with E-state index < -0.39 is 6.04 Å². The van der Waals surface area contributed by atoms with Gasteiger partial charge in [0.05, 0.1) is 6.61 Å². The second-order valence-corrected chi connectivity index (χ2v) is 4.29. The summed E-state index contributed by atoms with van der Waals surface area (Å²) in [5.41, 5.74) is 6.76. The Kier molecular flexibility index (Phi) is 7.61. The van der Waals surface area contributed by atoms with Crippen molar-refractivity contribution in [3.63, 3.8) is 0 Å². The summed E-state index contributed by atoms with van der Waals surface area (Å²) in [4.78, 5) is 11.1. The Balaban J connectivity index is 3.48. The Morgan fingerprint density at radius 2 is 2.29 bits per heavy atom. The average Bonchev–Trinajstić information content (AvgIpc) is 2.12. The number of allylic oxidation sites excluding steroid dienone is 1. The maximum Gasteiger partial charge on any atom is 0.323 e. The average molecular weight is 217 g/mol. The zero-order valence-electron chi connectivity index (χ0n) is 8.91. The lowest BCUT2D eigenvalue weighted by Gasteiger charge is -2.09. The summed E-state index contributed by atoms with van der Waals surface area (Å²) in [7, 11) is 0. The van der Waals surface area contributed by atoms with Gasteiger partial charge in [-0.15, -0.1) is 6.58 Å². The van der Waals surface area contributed by atoms with Gasteiger partial charge < -0.3 is 10.5 Å². The van der Waals surface area contributed by atoms with Crippen molar-refractivity contribution in [3.8, 4) is 0 Å². The molecule has 0 aliphatic carbocycles. The van der Waals surface area contributed by atoms with Crippen LogP contribution in [0.2, 0.25) is 0 Å². The fraction of sp³-hybridized carbons (Fsp3) is 0.700. The molecular weight excluding hydrogens is 198 g/mol. The molecule has 0 heterocycles. The highest BCUT2D eigenvalue weighted by molar-refractivity contribution is 7.99. The van der Waals surface area contributed by atoms with Crippen molar-refractivity contribution in [1.29, 1.82) is 0 Å². The molecule has 2 N–H and O–H groups in total. The fourth-order valence-corrected chi connectivity index (χ4v) is 1.82. The third-order valence-electron chi connectivity index (χ3n) is 1.56. The fourth-order valence-electron chi connectivity index (χ4n) is 0.774. The lowest BCUT2D eigenvalue weighted by molar-refractivity contribution is -0.144. The Bertz CT molecular complexity index is 195. The van der Waals surface area contributed by atoms with Crippen LogP contribution < -0.4 is 5.73 Å². The summed E-state index contributed by atoms with van der Waals surface area (Å²) in [6, 6.07) is -0.495. The Morgan fingerprint density at radius 1 is 1.64 bits per heavy atom. The van der Waals surface area contributed by atoms with Crippen LogP contribution in [0, 0.1) is 0 Å². The molecule has 14 heavy (non-hydrogen) atoms. The first-order valence-corrected chi connectivity index (χ1v) is 5.87. The summed E-state index contributed by atoms with van der Waals surface area (Å²) in [6.07, 6.45) is 0.972. The van der Waals surface area contributed by atoms with Crippen LogP contribution in [-0.2, 0) is 9.53 Å². The first kappa shape index (κ1) is 13.5. The van der Waals surface area contributed by atoms with Gasteiger partial charge in [-0.1, -0.05) is 5.57 Å². The summed E-state index contributed by atoms with van der Waals surface area (Å²) in [6.45, 7) is 7.96.